The quantitative estimate of drug-likeness (QED) is 0.257. The highest BCUT2D eigenvalue weighted by Crippen LogP contribution is 2.72. The Morgan fingerprint density at radius 3 is 2.39 bits per heavy atom. The first-order chi connectivity index (χ1) is 27.2. The van der Waals surface area contributed by atoms with Crippen LogP contribution in [0.1, 0.15) is 129 Å². The SMILES string of the molecule is C=C(O)C1CC(OC2CCC3(C)C(CCC4(C)C5CCC6(C(=O)N7CCCC7c7nc(-c8ccc(F)cc8)cn7CCN(C)C)CCC[C@@H]6C5CCC34)C2C)C1C. The minimum atomic E-state index is -0.240. The van der Waals surface area contributed by atoms with E-state index >= 15 is 4.79 Å². The van der Waals surface area contributed by atoms with E-state index in [4.69, 9.17) is 9.72 Å². The third-order valence-corrected chi connectivity index (χ3v) is 18.5. The number of nitrogens with zero attached hydrogens (tertiary/aromatic N) is 4. The number of benzene rings is 1. The summed E-state index contributed by atoms with van der Waals surface area (Å²) in [6, 6.07) is 6.65. The molecule has 0 spiro atoms. The number of ether oxygens (including phenoxy) is 1. The second-order valence-electron chi connectivity index (χ2n) is 21.2. The summed E-state index contributed by atoms with van der Waals surface area (Å²) in [4.78, 5) is 25.1. The maximum Gasteiger partial charge on any atom is 0.229 e. The average molecular weight is 783 g/mol. The van der Waals surface area contributed by atoms with Gasteiger partial charge < -0.3 is 24.2 Å². The third-order valence-electron chi connectivity index (χ3n) is 18.5. The molecule has 7 nitrogen and oxygen atoms in total. The lowest BCUT2D eigenvalue weighted by molar-refractivity contribution is -0.216. The number of likely N-dealkylation sites (tertiary alicyclic amines) is 1. The van der Waals surface area contributed by atoms with Crippen LogP contribution in [0, 0.1) is 69.4 Å². The van der Waals surface area contributed by atoms with Crippen LogP contribution in [0.3, 0.4) is 0 Å². The van der Waals surface area contributed by atoms with Crippen LogP contribution in [0.25, 0.3) is 11.3 Å². The lowest BCUT2D eigenvalue weighted by atomic mass is 9.37. The fourth-order valence-electron chi connectivity index (χ4n) is 15.5. The molecule has 6 aliphatic carbocycles. The molecule has 0 radical (unpaired) electrons. The number of allylic oxidation sites excluding steroid dienone is 1. The topological polar surface area (TPSA) is 70.8 Å². The summed E-state index contributed by atoms with van der Waals surface area (Å²) in [5.74, 6) is 5.89. The largest absolute Gasteiger partial charge is 0.513 e. The van der Waals surface area contributed by atoms with Gasteiger partial charge in [-0.25, -0.2) is 9.37 Å². The van der Waals surface area contributed by atoms with E-state index < -0.39 is 0 Å². The first-order valence-electron chi connectivity index (χ1n) is 23.1. The van der Waals surface area contributed by atoms with Crippen molar-refractivity contribution in [3.05, 3.63) is 54.4 Å². The standard InChI is InChI=1S/C49H71FN4O3/c1-30-36(32(3)55)28-43(30)57-42-20-23-47(4)37(31(42)2)18-22-48(5)38-19-24-49(21-8-10-39(49)35(38)16-17-44(47)48)46(56)54-25-9-11-41(54)45-51-40(29-53(45)27-26-52(6)7)33-12-14-34(50)15-13-33/h12-15,29-31,35-39,41-44,55H,3,8-11,16-28H2,1-2,4-7H3/t30?,31?,35?,36?,37?,38?,39-,41?,42?,43?,44?,47?,48?,49?/m1/s1. The highest BCUT2D eigenvalue weighted by molar-refractivity contribution is 5.84. The van der Waals surface area contributed by atoms with E-state index in [2.05, 4.69) is 68.9 Å². The van der Waals surface area contributed by atoms with Crippen LogP contribution in [-0.4, -0.2) is 69.8 Å². The van der Waals surface area contributed by atoms with Crippen LogP contribution >= 0.6 is 0 Å². The molecule has 2 aromatic rings. The lowest BCUT2D eigenvalue weighted by Crippen LogP contribution is -2.62. The van der Waals surface area contributed by atoms with Gasteiger partial charge in [0.05, 0.1) is 35.1 Å². The van der Waals surface area contributed by atoms with Crippen molar-refractivity contribution in [2.75, 3.05) is 27.2 Å². The summed E-state index contributed by atoms with van der Waals surface area (Å²) in [5.41, 5.74) is 2.22. The van der Waals surface area contributed by atoms with Crippen LogP contribution in [0.5, 0.6) is 0 Å². The highest BCUT2D eigenvalue weighted by Gasteiger charge is 2.66. The van der Waals surface area contributed by atoms with Gasteiger partial charge >= 0.3 is 0 Å². The number of rotatable bonds is 9. The number of aliphatic hydroxyl groups is 1. The molecule has 6 saturated carbocycles. The van der Waals surface area contributed by atoms with E-state index in [1.807, 2.05) is 12.1 Å². The third kappa shape index (κ3) is 6.38. The van der Waals surface area contributed by atoms with Crippen LogP contribution in [-0.2, 0) is 16.1 Å². The number of likely N-dealkylation sites (N-methyl/N-ethyl adjacent to an activating group) is 1. The molecule has 7 fully saturated rings. The molecule has 57 heavy (non-hydrogen) atoms. The zero-order valence-corrected chi connectivity index (χ0v) is 35.9. The predicted molar refractivity (Wildman–Crippen MR) is 224 cm³/mol. The highest BCUT2D eigenvalue weighted by atomic mass is 19.1. The van der Waals surface area contributed by atoms with Gasteiger partial charge in [0.1, 0.15) is 11.6 Å². The Balaban J connectivity index is 0.927. The first-order valence-corrected chi connectivity index (χ1v) is 23.1. The van der Waals surface area contributed by atoms with Gasteiger partial charge in [0, 0.05) is 37.3 Å². The molecule has 0 bridgehead atoms. The monoisotopic (exact) mass is 783 g/mol. The van der Waals surface area contributed by atoms with Gasteiger partial charge in [-0.05, 0) is 174 Å². The van der Waals surface area contributed by atoms with E-state index in [-0.39, 0.29) is 29.3 Å². The van der Waals surface area contributed by atoms with Gasteiger partial charge in [0.15, 0.2) is 0 Å². The molecule has 1 aliphatic heterocycles. The summed E-state index contributed by atoms with van der Waals surface area (Å²) in [7, 11) is 4.20. The predicted octanol–water partition coefficient (Wildman–Crippen LogP) is 10.5. The Labute approximate surface area is 342 Å². The van der Waals surface area contributed by atoms with Crippen LogP contribution in [0.4, 0.5) is 4.39 Å². The van der Waals surface area contributed by atoms with E-state index in [0.29, 0.717) is 64.1 Å². The summed E-state index contributed by atoms with van der Waals surface area (Å²) < 4.78 is 23.0. The fraction of sp³-hybridized carbons (Fsp3) is 0.755. The molecule has 7 aliphatic rings. The van der Waals surface area contributed by atoms with E-state index in [1.165, 1.54) is 63.5 Å². The normalized spacial score (nSPS) is 42.5. The first kappa shape index (κ1) is 39.7. The van der Waals surface area contributed by atoms with Crippen molar-refractivity contribution >= 4 is 5.91 Å². The Morgan fingerprint density at radius 2 is 1.65 bits per heavy atom. The van der Waals surface area contributed by atoms with Crippen molar-refractivity contribution < 1.29 is 19.0 Å². The van der Waals surface area contributed by atoms with Crippen molar-refractivity contribution in [1.82, 2.24) is 19.4 Å². The second-order valence-corrected chi connectivity index (χ2v) is 21.2. The van der Waals surface area contributed by atoms with Crippen molar-refractivity contribution in [2.24, 2.45) is 63.6 Å². The molecule has 312 valence electrons. The molecule has 2 heterocycles. The fourth-order valence-corrected chi connectivity index (χ4v) is 15.5. The smallest absolute Gasteiger partial charge is 0.229 e. The maximum atomic E-state index is 15.4. The van der Waals surface area contributed by atoms with Gasteiger partial charge in [-0.15, -0.1) is 0 Å². The lowest BCUT2D eigenvalue weighted by Gasteiger charge is -2.68. The molecule has 14 atom stereocenters. The summed E-state index contributed by atoms with van der Waals surface area (Å²) >= 11 is 0. The van der Waals surface area contributed by atoms with Gasteiger partial charge in [0.25, 0.3) is 0 Å². The van der Waals surface area contributed by atoms with Crippen molar-refractivity contribution in [2.45, 2.75) is 142 Å². The minimum absolute atomic E-state index is 0.0187. The molecule has 1 N–H and O–H groups in total. The molecular weight excluding hydrogens is 712 g/mol. The maximum absolute atomic E-state index is 15.4. The van der Waals surface area contributed by atoms with Crippen molar-refractivity contribution in [3.8, 4) is 11.3 Å². The van der Waals surface area contributed by atoms with Gasteiger partial charge in [-0.3, -0.25) is 4.79 Å². The number of hydrogen-bond donors (Lipinski definition) is 1. The zero-order valence-electron chi connectivity index (χ0n) is 35.9. The van der Waals surface area contributed by atoms with Gasteiger partial charge in [-0.2, -0.15) is 0 Å². The summed E-state index contributed by atoms with van der Waals surface area (Å²) in [6.07, 6.45) is 18.9. The summed E-state index contributed by atoms with van der Waals surface area (Å²) in [5, 5.41) is 10.0. The molecule has 1 aromatic heterocycles. The number of carbonyl (C=O) groups excluding carboxylic acids is 1. The molecule has 1 saturated heterocycles. The molecule has 1 amide bonds. The average Bonchev–Trinajstić information content (AvgIpc) is 3.95. The number of hydrogen-bond acceptors (Lipinski definition) is 5. The Hall–Kier alpha value is -2.71. The van der Waals surface area contributed by atoms with Gasteiger partial charge in [0.2, 0.25) is 5.91 Å². The minimum Gasteiger partial charge on any atom is -0.513 e. The van der Waals surface area contributed by atoms with Crippen molar-refractivity contribution in [1.29, 1.82) is 0 Å². The Kier molecular flexibility index (Phi) is 10.3. The van der Waals surface area contributed by atoms with E-state index in [9.17, 15) is 9.50 Å². The molecule has 13 unspecified atom stereocenters. The van der Waals surface area contributed by atoms with Crippen molar-refractivity contribution in [3.63, 3.8) is 0 Å². The number of imidazole rings is 1. The molecule has 8 heteroatoms. The number of aromatic nitrogens is 2. The second kappa shape index (κ2) is 14.8. The number of halogens is 1. The van der Waals surface area contributed by atoms with Crippen LogP contribution in [0.15, 0.2) is 42.8 Å². The summed E-state index contributed by atoms with van der Waals surface area (Å²) in [6.45, 7) is 16.4. The van der Waals surface area contributed by atoms with Crippen LogP contribution < -0.4 is 0 Å². The zero-order chi connectivity index (χ0) is 40.0. The molecule has 9 rings (SSSR count). The molecule has 1 aromatic carbocycles. The number of amides is 1. The Bertz CT molecular complexity index is 1830. The van der Waals surface area contributed by atoms with E-state index in [1.54, 1.807) is 0 Å². The number of aliphatic hydroxyl groups excluding tert-OH is 1. The molecular formula is C49H71FN4O3. The van der Waals surface area contributed by atoms with E-state index in [0.717, 1.165) is 81.2 Å². The number of carbonyl (C=O) groups is 1. The number of fused-ring (bicyclic) bond motifs is 7. The Morgan fingerprint density at radius 1 is 0.912 bits per heavy atom. The van der Waals surface area contributed by atoms with Crippen LogP contribution in [0.2, 0.25) is 0 Å². The van der Waals surface area contributed by atoms with Gasteiger partial charge in [-0.1, -0.05) is 40.7 Å².